The molecule has 3 aromatic rings. The second-order valence-corrected chi connectivity index (χ2v) is 9.35. The number of nitrogens with zero attached hydrogens (tertiary/aromatic N) is 2. The van der Waals surface area contributed by atoms with Crippen LogP contribution in [0.5, 0.6) is 0 Å². The molecule has 0 saturated carbocycles. The van der Waals surface area contributed by atoms with Crippen LogP contribution in [0.4, 0.5) is 0 Å². The molecule has 4 rings (SSSR count). The van der Waals surface area contributed by atoms with Gasteiger partial charge in [0.2, 0.25) is 0 Å². The molecule has 0 amide bonds. The van der Waals surface area contributed by atoms with Crippen LogP contribution in [0.25, 0.3) is 10.9 Å². The number of carbonyl (C=O) groups excluding carboxylic acids is 1. The normalized spacial score (nSPS) is 15.5. The van der Waals surface area contributed by atoms with Gasteiger partial charge in [0.05, 0.1) is 17.6 Å². The number of ether oxygens (including phenoxy) is 1. The van der Waals surface area contributed by atoms with E-state index in [-0.39, 0.29) is 5.97 Å². The van der Waals surface area contributed by atoms with E-state index in [0.717, 1.165) is 54.1 Å². The van der Waals surface area contributed by atoms with E-state index in [0.29, 0.717) is 19.1 Å². The number of halogens is 2. The number of likely N-dealkylation sites (tertiary alicyclic amines) is 1. The molecule has 0 N–H and O–H groups in total. The average Bonchev–Trinajstić information content (AvgIpc) is 3.09. The number of rotatable bonds is 7. The third kappa shape index (κ3) is 5.33. The lowest BCUT2D eigenvalue weighted by atomic mass is 10.0. The van der Waals surface area contributed by atoms with Gasteiger partial charge in [0.1, 0.15) is 0 Å². The highest BCUT2D eigenvalue weighted by molar-refractivity contribution is 9.10. The van der Waals surface area contributed by atoms with Crippen LogP contribution in [0.1, 0.15) is 36.9 Å². The molecule has 4 nitrogen and oxygen atoms in total. The monoisotopic (exact) mass is 502 g/mol. The molecular formula is C25H28BrClN2O2. The Morgan fingerprint density at radius 3 is 2.68 bits per heavy atom. The summed E-state index contributed by atoms with van der Waals surface area (Å²) >= 11 is 10.1. The quantitative estimate of drug-likeness (QED) is 0.369. The molecule has 31 heavy (non-hydrogen) atoms. The Balaban J connectivity index is 1.42. The van der Waals surface area contributed by atoms with E-state index in [2.05, 4.69) is 55.7 Å². The molecule has 0 radical (unpaired) electrons. The highest BCUT2D eigenvalue weighted by atomic mass is 79.9. The molecule has 1 aromatic heterocycles. The fraction of sp³-hybridized carbons (Fsp3) is 0.400. The molecule has 0 unspecified atom stereocenters. The number of esters is 1. The summed E-state index contributed by atoms with van der Waals surface area (Å²) in [6.07, 6.45) is 3.50. The van der Waals surface area contributed by atoms with Crippen molar-refractivity contribution in [2.45, 2.75) is 38.6 Å². The van der Waals surface area contributed by atoms with Gasteiger partial charge in [-0.2, -0.15) is 0 Å². The molecular weight excluding hydrogens is 476 g/mol. The standard InChI is InChI=1S/C25H28BrClN2O2/c1-2-31-25(30)16-18-7-8-20-17-24(26)29(23(20)15-18)21-10-13-28(14-11-21)12-9-19-5-3-4-6-22(19)27/h3-8,15,17,21H,2,9-14,16H2,1H3. The number of aromatic nitrogens is 1. The first-order chi connectivity index (χ1) is 15.0. The van der Waals surface area contributed by atoms with Crippen molar-refractivity contribution in [3.05, 3.63) is 69.3 Å². The molecule has 2 heterocycles. The molecule has 0 atom stereocenters. The van der Waals surface area contributed by atoms with E-state index in [1.54, 1.807) is 0 Å². The van der Waals surface area contributed by atoms with Gasteiger partial charge in [-0.05, 0) is 71.4 Å². The lowest BCUT2D eigenvalue weighted by Gasteiger charge is -2.33. The first-order valence-electron chi connectivity index (χ1n) is 11.0. The molecule has 0 bridgehead atoms. The van der Waals surface area contributed by atoms with Crippen LogP contribution in [0.3, 0.4) is 0 Å². The van der Waals surface area contributed by atoms with Gasteiger partial charge in [-0.3, -0.25) is 4.79 Å². The molecule has 164 valence electrons. The highest BCUT2D eigenvalue weighted by Crippen LogP contribution is 2.34. The lowest BCUT2D eigenvalue weighted by molar-refractivity contribution is -0.142. The van der Waals surface area contributed by atoms with Crippen LogP contribution in [0, 0.1) is 0 Å². The molecule has 2 aromatic carbocycles. The minimum absolute atomic E-state index is 0.175. The van der Waals surface area contributed by atoms with Gasteiger partial charge < -0.3 is 14.2 Å². The van der Waals surface area contributed by atoms with Gasteiger partial charge in [-0.1, -0.05) is 41.9 Å². The molecule has 0 aliphatic carbocycles. The van der Waals surface area contributed by atoms with E-state index < -0.39 is 0 Å². The van der Waals surface area contributed by atoms with Crippen molar-refractivity contribution >= 4 is 44.4 Å². The van der Waals surface area contributed by atoms with Gasteiger partial charge in [0.15, 0.2) is 0 Å². The lowest BCUT2D eigenvalue weighted by Crippen LogP contribution is -2.36. The Kier molecular flexibility index (Phi) is 7.36. The molecule has 1 aliphatic heterocycles. The zero-order valence-corrected chi connectivity index (χ0v) is 20.2. The summed E-state index contributed by atoms with van der Waals surface area (Å²) in [6, 6.07) is 17.0. The third-order valence-corrected chi connectivity index (χ3v) is 7.07. The first-order valence-corrected chi connectivity index (χ1v) is 12.1. The van der Waals surface area contributed by atoms with Crippen LogP contribution in [-0.2, 0) is 22.4 Å². The SMILES string of the molecule is CCOC(=O)Cc1ccc2cc(Br)n(C3CCN(CCc4ccccc4Cl)CC3)c2c1. The van der Waals surface area contributed by atoms with Gasteiger partial charge in [-0.25, -0.2) is 0 Å². The summed E-state index contributed by atoms with van der Waals surface area (Å²) in [6.45, 7) is 5.43. The zero-order chi connectivity index (χ0) is 21.8. The Morgan fingerprint density at radius 2 is 1.94 bits per heavy atom. The van der Waals surface area contributed by atoms with Crippen LogP contribution in [0.15, 0.2) is 53.1 Å². The van der Waals surface area contributed by atoms with Crippen LogP contribution < -0.4 is 0 Å². The number of benzene rings is 2. The maximum atomic E-state index is 11.9. The third-order valence-electron chi connectivity index (χ3n) is 6.09. The summed E-state index contributed by atoms with van der Waals surface area (Å²) in [5.41, 5.74) is 3.40. The molecule has 6 heteroatoms. The first kappa shape index (κ1) is 22.4. The Labute approximate surface area is 197 Å². The molecule has 1 saturated heterocycles. The van der Waals surface area contributed by atoms with E-state index in [1.807, 2.05) is 25.1 Å². The summed E-state index contributed by atoms with van der Waals surface area (Å²) < 4.78 is 8.62. The zero-order valence-electron chi connectivity index (χ0n) is 17.8. The van der Waals surface area contributed by atoms with Crippen LogP contribution in [0.2, 0.25) is 5.02 Å². The van der Waals surface area contributed by atoms with E-state index in [1.165, 1.54) is 16.5 Å². The summed E-state index contributed by atoms with van der Waals surface area (Å²) in [7, 11) is 0. The minimum atomic E-state index is -0.175. The van der Waals surface area contributed by atoms with Crippen molar-refractivity contribution in [3.8, 4) is 0 Å². The predicted octanol–water partition coefficient (Wildman–Crippen LogP) is 6.04. The maximum absolute atomic E-state index is 11.9. The fourth-order valence-corrected chi connectivity index (χ4v) is 5.43. The van der Waals surface area contributed by atoms with Crippen molar-refractivity contribution < 1.29 is 9.53 Å². The number of carbonyl (C=O) groups is 1. The fourth-order valence-electron chi connectivity index (χ4n) is 4.47. The number of hydrogen-bond acceptors (Lipinski definition) is 3. The smallest absolute Gasteiger partial charge is 0.310 e. The highest BCUT2D eigenvalue weighted by Gasteiger charge is 2.23. The Bertz CT molecular complexity index is 1060. The topological polar surface area (TPSA) is 34.5 Å². The minimum Gasteiger partial charge on any atom is -0.466 e. The van der Waals surface area contributed by atoms with Crippen LogP contribution in [-0.4, -0.2) is 41.7 Å². The van der Waals surface area contributed by atoms with Gasteiger partial charge in [-0.15, -0.1) is 0 Å². The summed E-state index contributed by atoms with van der Waals surface area (Å²) in [5.74, 6) is -0.175. The largest absolute Gasteiger partial charge is 0.466 e. The second kappa shape index (κ2) is 10.2. The Morgan fingerprint density at radius 1 is 1.16 bits per heavy atom. The van der Waals surface area contributed by atoms with E-state index >= 15 is 0 Å². The second-order valence-electron chi connectivity index (χ2n) is 8.13. The van der Waals surface area contributed by atoms with Crippen molar-refractivity contribution in [2.75, 3.05) is 26.2 Å². The molecule has 0 spiro atoms. The number of piperidine rings is 1. The number of fused-ring (bicyclic) bond motifs is 1. The number of hydrogen-bond donors (Lipinski definition) is 0. The van der Waals surface area contributed by atoms with Crippen molar-refractivity contribution in [1.29, 1.82) is 0 Å². The van der Waals surface area contributed by atoms with Gasteiger partial charge >= 0.3 is 5.97 Å². The van der Waals surface area contributed by atoms with Crippen LogP contribution >= 0.6 is 27.5 Å². The van der Waals surface area contributed by atoms with Crippen molar-refractivity contribution in [3.63, 3.8) is 0 Å². The van der Waals surface area contributed by atoms with Crippen molar-refractivity contribution in [2.24, 2.45) is 0 Å². The van der Waals surface area contributed by atoms with E-state index in [4.69, 9.17) is 16.3 Å². The van der Waals surface area contributed by atoms with E-state index in [9.17, 15) is 4.79 Å². The average molecular weight is 504 g/mol. The van der Waals surface area contributed by atoms with Gasteiger partial charge in [0.25, 0.3) is 0 Å². The summed E-state index contributed by atoms with van der Waals surface area (Å²) in [4.78, 5) is 14.4. The van der Waals surface area contributed by atoms with Crippen molar-refractivity contribution in [1.82, 2.24) is 9.47 Å². The maximum Gasteiger partial charge on any atom is 0.310 e. The predicted molar refractivity (Wildman–Crippen MR) is 130 cm³/mol. The molecule has 1 fully saturated rings. The van der Waals surface area contributed by atoms with Gasteiger partial charge in [0, 0.05) is 41.6 Å². The Hall–Kier alpha value is -1.82. The molecule has 1 aliphatic rings. The summed E-state index contributed by atoms with van der Waals surface area (Å²) in [5, 5.41) is 2.05.